The summed E-state index contributed by atoms with van der Waals surface area (Å²) in [6, 6.07) is 10.8. The summed E-state index contributed by atoms with van der Waals surface area (Å²) in [5.41, 5.74) is 1.48. The molecule has 0 spiro atoms. The average molecular weight is 418 g/mol. The molecule has 3 heterocycles. The lowest BCUT2D eigenvalue weighted by Gasteiger charge is -2.10. The monoisotopic (exact) mass is 418 g/mol. The maximum absolute atomic E-state index is 10.8. The SMILES string of the molecule is COC/C(O)=C/C(=N)c1nnc2c3ccccc3c(OCc3ccc(C=O)cn3)nn12. The van der Waals surface area contributed by atoms with Gasteiger partial charge in [-0.25, -0.2) is 0 Å². The minimum Gasteiger partial charge on any atom is -0.510 e. The predicted molar refractivity (Wildman–Crippen MR) is 112 cm³/mol. The van der Waals surface area contributed by atoms with Gasteiger partial charge >= 0.3 is 0 Å². The van der Waals surface area contributed by atoms with Gasteiger partial charge in [0.1, 0.15) is 24.7 Å². The molecule has 31 heavy (non-hydrogen) atoms. The Morgan fingerprint density at radius 1 is 1.19 bits per heavy atom. The van der Waals surface area contributed by atoms with E-state index < -0.39 is 0 Å². The van der Waals surface area contributed by atoms with Crippen LogP contribution in [-0.2, 0) is 11.3 Å². The molecule has 0 fully saturated rings. The molecule has 10 nitrogen and oxygen atoms in total. The molecular weight excluding hydrogens is 400 g/mol. The number of nitrogens with one attached hydrogen (secondary N) is 1. The van der Waals surface area contributed by atoms with Crippen molar-refractivity contribution in [3.63, 3.8) is 0 Å². The fraction of sp³-hybridized carbons (Fsp3) is 0.143. The summed E-state index contributed by atoms with van der Waals surface area (Å²) in [6.45, 7) is 0.102. The van der Waals surface area contributed by atoms with Crippen LogP contribution in [0.2, 0.25) is 0 Å². The Morgan fingerprint density at radius 2 is 2.00 bits per heavy atom. The number of aldehydes is 1. The highest BCUT2D eigenvalue weighted by Crippen LogP contribution is 2.27. The van der Waals surface area contributed by atoms with Gasteiger partial charge in [-0.05, 0) is 18.2 Å². The third-order valence-electron chi connectivity index (χ3n) is 4.41. The number of rotatable bonds is 8. The predicted octanol–water partition coefficient (Wildman–Crippen LogP) is 2.52. The second-order valence-corrected chi connectivity index (χ2v) is 6.58. The van der Waals surface area contributed by atoms with Crippen molar-refractivity contribution in [2.75, 3.05) is 13.7 Å². The van der Waals surface area contributed by atoms with Gasteiger partial charge in [0.2, 0.25) is 11.7 Å². The minimum atomic E-state index is -0.119. The molecule has 0 aliphatic carbocycles. The summed E-state index contributed by atoms with van der Waals surface area (Å²) in [7, 11) is 1.44. The van der Waals surface area contributed by atoms with Crippen LogP contribution in [0.1, 0.15) is 21.9 Å². The average Bonchev–Trinajstić information content (AvgIpc) is 3.22. The summed E-state index contributed by atoms with van der Waals surface area (Å²) < 4.78 is 12.2. The topological polar surface area (TPSA) is 136 Å². The third-order valence-corrected chi connectivity index (χ3v) is 4.41. The number of aromatic nitrogens is 5. The van der Waals surface area contributed by atoms with E-state index in [2.05, 4.69) is 20.3 Å². The van der Waals surface area contributed by atoms with Crippen LogP contribution in [0.4, 0.5) is 0 Å². The molecule has 0 radical (unpaired) electrons. The molecule has 0 amide bonds. The van der Waals surface area contributed by atoms with Crippen molar-refractivity contribution in [1.82, 2.24) is 24.8 Å². The number of benzene rings is 1. The van der Waals surface area contributed by atoms with Gasteiger partial charge in [-0.2, -0.15) is 4.52 Å². The first-order valence-electron chi connectivity index (χ1n) is 9.25. The van der Waals surface area contributed by atoms with E-state index in [1.807, 2.05) is 24.3 Å². The number of aliphatic hydroxyl groups excluding tert-OH is 1. The number of ether oxygens (including phenoxy) is 2. The van der Waals surface area contributed by atoms with E-state index in [1.165, 1.54) is 23.9 Å². The standard InChI is InChI=1S/C21H18N6O4/c1-30-12-15(29)8-18(22)20-25-24-19-16-4-2-3-5-17(16)21(26-27(19)20)31-11-14-7-6-13(10-28)9-23-14/h2-10,22,29H,11-12H2,1H3/b15-8-,22-18?. The van der Waals surface area contributed by atoms with Crippen LogP contribution in [-0.4, -0.2) is 55.6 Å². The van der Waals surface area contributed by atoms with Gasteiger partial charge in [-0.15, -0.1) is 15.3 Å². The highest BCUT2D eigenvalue weighted by molar-refractivity contribution is 6.05. The van der Waals surface area contributed by atoms with Crippen molar-refractivity contribution >= 4 is 28.4 Å². The maximum Gasteiger partial charge on any atom is 0.240 e. The molecule has 0 unspecified atom stereocenters. The van der Waals surface area contributed by atoms with Gasteiger partial charge in [0, 0.05) is 35.7 Å². The Morgan fingerprint density at radius 3 is 2.71 bits per heavy atom. The smallest absolute Gasteiger partial charge is 0.240 e. The van der Waals surface area contributed by atoms with E-state index >= 15 is 0 Å². The van der Waals surface area contributed by atoms with E-state index in [4.69, 9.17) is 14.9 Å². The molecule has 4 rings (SSSR count). The van der Waals surface area contributed by atoms with E-state index in [-0.39, 0.29) is 30.5 Å². The van der Waals surface area contributed by atoms with Gasteiger partial charge < -0.3 is 14.6 Å². The molecule has 0 bridgehead atoms. The zero-order chi connectivity index (χ0) is 21.8. The summed E-state index contributed by atoms with van der Waals surface area (Å²) >= 11 is 0. The molecule has 0 atom stereocenters. The molecule has 0 aliphatic heterocycles. The van der Waals surface area contributed by atoms with Crippen LogP contribution < -0.4 is 4.74 Å². The fourth-order valence-electron chi connectivity index (χ4n) is 2.98. The second-order valence-electron chi connectivity index (χ2n) is 6.58. The minimum absolute atomic E-state index is 0.0280. The molecule has 3 aromatic heterocycles. The molecule has 156 valence electrons. The zero-order valence-corrected chi connectivity index (χ0v) is 16.5. The first-order valence-corrected chi connectivity index (χ1v) is 9.25. The lowest BCUT2D eigenvalue weighted by atomic mass is 10.2. The molecule has 1 aromatic carbocycles. The van der Waals surface area contributed by atoms with Crippen molar-refractivity contribution in [3.8, 4) is 5.88 Å². The van der Waals surface area contributed by atoms with E-state index in [0.29, 0.717) is 22.8 Å². The lowest BCUT2D eigenvalue weighted by molar-refractivity contribution is 0.112. The van der Waals surface area contributed by atoms with Gasteiger partial charge in [0.05, 0.1) is 5.69 Å². The number of fused-ring (bicyclic) bond motifs is 3. The van der Waals surface area contributed by atoms with Crippen LogP contribution in [0.5, 0.6) is 5.88 Å². The summed E-state index contributed by atoms with van der Waals surface area (Å²) in [4.78, 5) is 15.0. The summed E-state index contributed by atoms with van der Waals surface area (Å²) in [5, 5.41) is 32.3. The number of pyridine rings is 1. The molecule has 10 heteroatoms. The zero-order valence-electron chi connectivity index (χ0n) is 16.5. The molecule has 0 saturated carbocycles. The highest BCUT2D eigenvalue weighted by Gasteiger charge is 2.17. The van der Waals surface area contributed by atoms with Crippen molar-refractivity contribution in [1.29, 1.82) is 5.41 Å². The van der Waals surface area contributed by atoms with E-state index in [9.17, 15) is 9.90 Å². The van der Waals surface area contributed by atoms with Crippen molar-refractivity contribution in [3.05, 3.63) is 71.5 Å². The number of hydrogen-bond acceptors (Lipinski definition) is 9. The number of allylic oxidation sites excluding steroid dienone is 1. The first kappa shape index (κ1) is 20.1. The van der Waals surface area contributed by atoms with Crippen LogP contribution in [0.25, 0.3) is 16.4 Å². The molecule has 0 saturated heterocycles. The van der Waals surface area contributed by atoms with Gasteiger partial charge in [0.25, 0.3) is 0 Å². The number of nitrogens with zero attached hydrogens (tertiary/aromatic N) is 5. The van der Waals surface area contributed by atoms with Crippen LogP contribution in [0.15, 0.2) is 54.4 Å². The van der Waals surface area contributed by atoms with Crippen molar-refractivity contribution in [2.24, 2.45) is 0 Å². The first-order chi connectivity index (χ1) is 15.1. The van der Waals surface area contributed by atoms with Crippen molar-refractivity contribution in [2.45, 2.75) is 6.61 Å². The number of aliphatic hydroxyl groups is 1. The molecule has 2 N–H and O–H groups in total. The normalized spacial score (nSPS) is 11.7. The highest BCUT2D eigenvalue weighted by atomic mass is 16.5. The Bertz CT molecular complexity index is 1300. The Labute approximate surface area is 176 Å². The molecular formula is C21H18N6O4. The van der Waals surface area contributed by atoms with Crippen LogP contribution >= 0.6 is 0 Å². The number of methoxy groups -OCH3 is 1. The van der Waals surface area contributed by atoms with Crippen molar-refractivity contribution < 1.29 is 19.4 Å². The van der Waals surface area contributed by atoms with Crippen LogP contribution in [0.3, 0.4) is 0 Å². The van der Waals surface area contributed by atoms with E-state index in [1.54, 1.807) is 12.1 Å². The summed E-state index contributed by atoms with van der Waals surface area (Å²) in [6.07, 6.45) is 3.43. The number of hydrogen-bond donors (Lipinski definition) is 2. The molecule has 4 aromatic rings. The van der Waals surface area contributed by atoms with E-state index in [0.717, 1.165) is 17.1 Å². The Hall–Kier alpha value is -4.18. The molecule has 0 aliphatic rings. The van der Waals surface area contributed by atoms with Crippen LogP contribution in [0, 0.1) is 5.41 Å². The maximum atomic E-state index is 10.8. The van der Waals surface area contributed by atoms with Gasteiger partial charge in [-0.3, -0.25) is 15.2 Å². The number of carbonyl (C=O) groups is 1. The lowest BCUT2D eigenvalue weighted by Crippen LogP contribution is -2.09. The summed E-state index contributed by atoms with van der Waals surface area (Å²) in [5.74, 6) is 0.330. The quantitative estimate of drug-likeness (QED) is 0.253. The second kappa shape index (κ2) is 8.67. The largest absolute Gasteiger partial charge is 0.510 e. The number of carbonyl (C=O) groups excluding carboxylic acids is 1. The Balaban J connectivity index is 1.74. The van der Waals surface area contributed by atoms with Gasteiger partial charge in [-0.1, -0.05) is 18.2 Å². The third kappa shape index (κ3) is 4.09. The fourth-order valence-corrected chi connectivity index (χ4v) is 2.98. The van der Waals surface area contributed by atoms with Gasteiger partial charge in [0.15, 0.2) is 11.9 Å². The Kier molecular flexibility index (Phi) is 5.63.